The number of amidine groups is 1. The van der Waals surface area contributed by atoms with Gasteiger partial charge in [-0.1, -0.05) is 19.9 Å². The van der Waals surface area contributed by atoms with E-state index >= 15 is 0 Å². The highest BCUT2D eigenvalue weighted by atomic mass is 16.5. The minimum absolute atomic E-state index is 0.0206. The SMILES string of the molecule is CC.CNC(=O)c1c(Nc2cccc(/C(N)=N/N(C)N)c2OC)cc(NC(=O)C2CC2)nc1N. The predicted octanol–water partition coefficient (Wildman–Crippen LogP) is 1.58. The molecule has 2 amide bonds. The van der Waals surface area contributed by atoms with Crippen LogP contribution in [0.5, 0.6) is 5.75 Å². The van der Waals surface area contributed by atoms with Gasteiger partial charge < -0.3 is 32.2 Å². The van der Waals surface area contributed by atoms with E-state index in [2.05, 4.69) is 26.0 Å². The van der Waals surface area contributed by atoms with Gasteiger partial charge in [0.05, 0.1) is 24.0 Å². The van der Waals surface area contributed by atoms with Crippen LogP contribution in [0.15, 0.2) is 29.4 Å². The van der Waals surface area contributed by atoms with Crippen molar-refractivity contribution in [2.45, 2.75) is 26.7 Å². The molecular weight excluding hydrogens is 438 g/mol. The number of nitrogens with one attached hydrogen (secondary N) is 3. The van der Waals surface area contributed by atoms with Gasteiger partial charge in [-0.2, -0.15) is 0 Å². The van der Waals surface area contributed by atoms with Crippen molar-refractivity contribution in [3.63, 3.8) is 0 Å². The molecule has 0 spiro atoms. The minimum atomic E-state index is -0.446. The first kappa shape index (κ1) is 26.2. The summed E-state index contributed by atoms with van der Waals surface area (Å²) in [6.45, 7) is 4.00. The van der Waals surface area contributed by atoms with Crippen LogP contribution in [0.25, 0.3) is 0 Å². The van der Waals surface area contributed by atoms with E-state index in [0.717, 1.165) is 18.0 Å². The second-order valence-electron chi connectivity index (χ2n) is 7.23. The van der Waals surface area contributed by atoms with Crippen molar-refractivity contribution in [3.05, 3.63) is 35.4 Å². The highest BCUT2D eigenvalue weighted by molar-refractivity contribution is 6.06. The first-order chi connectivity index (χ1) is 16.2. The Morgan fingerprint density at radius 2 is 1.91 bits per heavy atom. The van der Waals surface area contributed by atoms with Crippen molar-refractivity contribution < 1.29 is 14.3 Å². The molecule has 12 nitrogen and oxygen atoms in total. The Kier molecular flexibility index (Phi) is 9.01. The van der Waals surface area contributed by atoms with Crippen LogP contribution in [0.2, 0.25) is 0 Å². The number of hydrazine groups is 1. The smallest absolute Gasteiger partial charge is 0.256 e. The zero-order chi connectivity index (χ0) is 25.4. The van der Waals surface area contributed by atoms with E-state index in [9.17, 15) is 9.59 Å². The lowest BCUT2D eigenvalue weighted by atomic mass is 10.1. The van der Waals surface area contributed by atoms with Gasteiger partial charge in [-0.05, 0) is 25.0 Å². The first-order valence-electron chi connectivity index (χ1n) is 10.9. The van der Waals surface area contributed by atoms with Crippen LogP contribution in [-0.2, 0) is 4.79 Å². The predicted molar refractivity (Wildman–Crippen MR) is 134 cm³/mol. The van der Waals surface area contributed by atoms with Crippen LogP contribution in [0.3, 0.4) is 0 Å². The Balaban J connectivity index is 0.00000199. The van der Waals surface area contributed by atoms with Crippen molar-refractivity contribution in [1.29, 1.82) is 0 Å². The number of para-hydroxylation sites is 1. The summed E-state index contributed by atoms with van der Waals surface area (Å²) in [5.41, 5.74) is 13.5. The number of carbonyl (C=O) groups is 2. The highest BCUT2D eigenvalue weighted by Gasteiger charge is 2.30. The van der Waals surface area contributed by atoms with Crippen LogP contribution in [-0.4, -0.2) is 49.0 Å². The van der Waals surface area contributed by atoms with Gasteiger partial charge in [-0.3, -0.25) is 9.59 Å². The van der Waals surface area contributed by atoms with Crippen LogP contribution in [0.4, 0.5) is 23.0 Å². The number of benzene rings is 1. The number of carbonyl (C=O) groups excluding carboxylic acids is 2. The Labute approximate surface area is 198 Å². The molecule has 1 heterocycles. The Bertz CT molecular complexity index is 1070. The van der Waals surface area contributed by atoms with Crippen molar-refractivity contribution in [3.8, 4) is 5.75 Å². The minimum Gasteiger partial charge on any atom is -0.494 e. The number of nitrogens with zero attached hydrogens (tertiary/aromatic N) is 3. The molecule has 1 fully saturated rings. The fraction of sp³-hybridized carbons (Fsp3) is 0.364. The summed E-state index contributed by atoms with van der Waals surface area (Å²) >= 11 is 0. The van der Waals surface area contributed by atoms with Crippen molar-refractivity contribution in [2.75, 3.05) is 37.6 Å². The molecular formula is C22H33N9O3. The molecule has 1 aromatic heterocycles. The van der Waals surface area contributed by atoms with Crippen molar-refractivity contribution in [2.24, 2.45) is 22.6 Å². The van der Waals surface area contributed by atoms with Crippen LogP contribution in [0.1, 0.15) is 42.6 Å². The number of pyridine rings is 1. The van der Waals surface area contributed by atoms with Crippen LogP contribution < -0.4 is 38.0 Å². The molecule has 1 aliphatic rings. The average Bonchev–Trinajstić information content (AvgIpc) is 3.65. The van der Waals surface area contributed by atoms with E-state index in [1.54, 1.807) is 24.3 Å². The first-order valence-corrected chi connectivity index (χ1v) is 10.9. The number of hydrogen-bond donors (Lipinski definition) is 6. The van der Waals surface area contributed by atoms with Crippen LogP contribution in [0, 0.1) is 5.92 Å². The molecule has 0 radical (unpaired) electrons. The van der Waals surface area contributed by atoms with Gasteiger partial charge in [-0.15, -0.1) is 5.10 Å². The van der Waals surface area contributed by atoms with Gasteiger partial charge in [0.15, 0.2) is 11.6 Å². The number of anilines is 4. The molecule has 34 heavy (non-hydrogen) atoms. The second-order valence-corrected chi connectivity index (χ2v) is 7.23. The molecule has 0 unspecified atom stereocenters. The van der Waals surface area contributed by atoms with Gasteiger partial charge in [0, 0.05) is 26.1 Å². The summed E-state index contributed by atoms with van der Waals surface area (Å²) in [5.74, 6) is 5.66. The molecule has 0 aliphatic heterocycles. The normalized spacial score (nSPS) is 12.7. The molecule has 0 atom stereocenters. The molecule has 3 rings (SSSR count). The summed E-state index contributed by atoms with van der Waals surface area (Å²) < 4.78 is 5.54. The zero-order valence-electron chi connectivity index (χ0n) is 20.1. The van der Waals surface area contributed by atoms with E-state index in [1.807, 2.05) is 13.8 Å². The monoisotopic (exact) mass is 471 g/mol. The molecule has 1 aromatic carbocycles. The number of methoxy groups -OCH3 is 1. The molecule has 1 saturated carbocycles. The van der Waals surface area contributed by atoms with E-state index in [0.29, 0.717) is 22.7 Å². The number of hydrogen-bond acceptors (Lipinski definition) is 9. The Morgan fingerprint density at radius 1 is 1.24 bits per heavy atom. The third-order valence-electron chi connectivity index (χ3n) is 4.73. The molecule has 12 heteroatoms. The lowest BCUT2D eigenvalue weighted by Gasteiger charge is -2.18. The number of hydrazone groups is 1. The summed E-state index contributed by atoms with van der Waals surface area (Å²) in [6, 6.07) is 6.72. The summed E-state index contributed by atoms with van der Waals surface area (Å²) in [4.78, 5) is 28.9. The standard InChI is InChI=1S/C20H27N9O3.C2H6/c1-24-20(31)15-13(9-14(26-18(15)22)27-19(30)10-7-8-10)25-12-6-4-5-11(16(12)32-3)17(21)28-29(2)23;1-2/h4-6,9-10H,7-8,23H2,1-3H3,(H2,21,28)(H,24,31)(H4,22,25,26,27,30);1-2H3. The van der Waals surface area contributed by atoms with Gasteiger partial charge >= 0.3 is 0 Å². The number of rotatable bonds is 8. The molecule has 184 valence electrons. The third kappa shape index (κ3) is 6.25. The highest BCUT2D eigenvalue weighted by Crippen LogP contribution is 2.35. The largest absolute Gasteiger partial charge is 0.494 e. The quantitative estimate of drug-likeness (QED) is 0.144. The topological polar surface area (TPSA) is 186 Å². The van der Waals surface area contributed by atoms with Gasteiger partial charge in [0.2, 0.25) is 5.91 Å². The van der Waals surface area contributed by atoms with Gasteiger partial charge in [0.25, 0.3) is 5.91 Å². The van der Waals surface area contributed by atoms with Crippen molar-refractivity contribution >= 4 is 40.7 Å². The zero-order valence-corrected chi connectivity index (χ0v) is 20.1. The second kappa shape index (κ2) is 11.7. The van der Waals surface area contributed by atoms with E-state index < -0.39 is 5.91 Å². The maximum Gasteiger partial charge on any atom is 0.256 e. The number of aromatic nitrogens is 1. The van der Waals surface area contributed by atoms with E-state index in [-0.39, 0.29) is 34.9 Å². The fourth-order valence-electron chi connectivity index (χ4n) is 3.09. The van der Waals surface area contributed by atoms with Crippen molar-refractivity contribution in [1.82, 2.24) is 15.4 Å². The summed E-state index contributed by atoms with van der Waals surface area (Å²) in [5, 5.41) is 13.5. The number of amides is 2. The number of ether oxygens (including phenoxy) is 1. The summed E-state index contributed by atoms with van der Waals surface area (Å²) in [7, 11) is 4.50. The molecule has 1 aliphatic carbocycles. The Hall–Kier alpha value is -4.06. The maximum absolute atomic E-state index is 12.5. The molecule has 2 aromatic rings. The number of nitrogens with two attached hydrogens (primary N) is 3. The molecule has 0 bridgehead atoms. The fourth-order valence-corrected chi connectivity index (χ4v) is 3.09. The van der Waals surface area contributed by atoms with Gasteiger partial charge in [-0.25, -0.2) is 15.9 Å². The molecule has 9 N–H and O–H groups in total. The third-order valence-corrected chi connectivity index (χ3v) is 4.73. The maximum atomic E-state index is 12.5. The van der Waals surface area contributed by atoms with E-state index in [4.69, 9.17) is 22.0 Å². The molecule has 0 saturated heterocycles. The summed E-state index contributed by atoms with van der Waals surface area (Å²) in [6.07, 6.45) is 1.68. The lowest BCUT2D eigenvalue weighted by Crippen LogP contribution is -2.26. The number of nitrogen functional groups attached to an aromatic ring is 1. The van der Waals surface area contributed by atoms with E-state index in [1.165, 1.54) is 21.2 Å². The van der Waals surface area contributed by atoms with Crippen LogP contribution >= 0.6 is 0 Å². The van der Waals surface area contributed by atoms with Gasteiger partial charge in [0.1, 0.15) is 17.2 Å². The lowest BCUT2D eigenvalue weighted by molar-refractivity contribution is -0.117. The average molecular weight is 472 g/mol. The Morgan fingerprint density at radius 3 is 2.47 bits per heavy atom.